The lowest BCUT2D eigenvalue weighted by molar-refractivity contribution is -0.117. The minimum Gasteiger partial charge on any atom is -0.469 e. The molecule has 0 unspecified atom stereocenters. The normalized spacial score (nSPS) is 10.5. The molecule has 3 rings (SSSR count). The van der Waals surface area contributed by atoms with Crippen molar-refractivity contribution in [3.63, 3.8) is 0 Å². The Morgan fingerprint density at radius 1 is 1.17 bits per heavy atom. The van der Waals surface area contributed by atoms with Crippen LogP contribution in [0.25, 0.3) is 11.5 Å². The van der Waals surface area contributed by atoms with Crippen LogP contribution in [0.1, 0.15) is 16.1 Å². The van der Waals surface area contributed by atoms with Crippen LogP contribution in [0, 0.1) is 6.92 Å². The van der Waals surface area contributed by atoms with Gasteiger partial charge in [-0.15, -0.1) is 10.2 Å². The SMILES string of the molecule is Cc1occc1-c1nnc(SCC(=O)NC(=O)c2ccccc2)o1. The van der Waals surface area contributed by atoms with Crippen molar-refractivity contribution < 1.29 is 18.4 Å². The van der Waals surface area contributed by atoms with Gasteiger partial charge in [0.15, 0.2) is 0 Å². The number of aryl methyl sites for hydroxylation is 1. The van der Waals surface area contributed by atoms with Crippen LogP contribution >= 0.6 is 11.8 Å². The predicted octanol–water partition coefficient (Wildman–Crippen LogP) is 2.69. The summed E-state index contributed by atoms with van der Waals surface area (Å²) in [6.07, 6.45) is 1.53. The lowest BCUT2D eigenvalue weighted by atomic mass is 10.2. The smallest absolute Gasteiger partial charge is 0.277 e. The van der Waals surface area contributed by atoms with E-state index in [-0.39, 0.29) is 11.0 Å². The number of rotatable bonds is 5. The number of imide groups is 1. The van der Waals surface area contributed by atoms with Crippen LogP contribution in [0.2, 0.25) is 0 Å². The summed E-state index contributed by atoms with van der Waals surface area (Å²) in [6, 6.07) is 10.2. The Balaban J connectivity index is 1.54. The number of carbonyl (C=O) groups excluding carboxylic acids is 2. The van der Waals surface area contributed by atoms with Crippen molar-refractivity contribution in [2.24, 2.45) is 0 Å². The van der Waals surface area contributed by atoms with Gasteiger partial charge in [0, 0.05) is 5.56 Å². The van der Waals surface area contributed by atoms with Gasteiger partial charge in [0.05, 0.1) is 17.6 Å². The molecule has 1 N–H and O–H groups in total. The molecule has 0 radical (unpaired) electrons. The molecule has 24 heavy (non-hydrogen) atoms. The van der Waals surface area contributed by atoms with Crippen LogP contribution < -0.4 is 5.32 Å². The van der Waals surface area contributed by atoms with Crippen molar-refractivity contribution in [2.45, 2.75) is 12.1 Å². The lowest BCUT2D eigenvalue weighted by Crippen LogP contribution is -2.31. The maximum atomic E-state index is 11.9. The topological polar surface area (TPSA) is 98.2 Å². The molecule has 0 aliphatic heterocycles. The van der Waals surface area contributed by atoms with Crippen LogP contribution in [-0.4, -0.2) is 27.8 Å². The van der Waals surface area contributed by atoms with E-state index in [0.29, 0.717) is 22.8 Å². The van der Waals surface area contributed by atoms with Crippen molar-refractivity contribution in [1.82, 2.24) is 15.5 Å². The lowest BCUT2D eigenvalue weighted by Gasteiger charge is -2.02. The zero-order chi connectivity index (χ0) is 16.9. The second-order valence-electron chi connectivity index (χ2n) is 4.80. The zero-order valence-electron chi connectivity index (χ0n) is 12.7. The fourth-order valence-corrected chi connectivity index (χ4v) is 2.50. The largest absolute Gasteiger partial charge is 0.469 e. The van der Waals surface area contributed by atoms with Gasteiger partial charge in [-0.05, 0) is 25.1 Å². The van der Waals surface area contributed by atoms with Crippen LogP contribution in [0.15, 0.2) is 56.7 Å². The van der Waals surface area contributed by atoms with Gasteiger partial charge >= 0.3 is 0 Å². The fourth-order valence-electron chi connectivity index (χ4n) is 1.94. The second kappa shape index (κ2) is 7.14. The fraction of sp³-hybridized carbons (Fsp3) is 0.125. The van der Waals surface area contributed by atoms with Crippen LogP contribution in [0.5, 0.6) is 0 Å². The summed E-state index contributed by atoms with van der Waals surface area (Å²) in [5, 5.41) is 10.3. The van der Waals surface area contributed by atoms with Gasteiger partial charge in [-0.3, -0.25) is 14.9 Å². The van der Waals surface area contributed by atoms with Crippen molar-refractivity contribution in [3.8, 4) is 11.5 Å². The first-order valence-electron chi connectivity index (χ1n) is 7.03. The molecule has 0 bridgehead atoms. The Hall–Kier alpha value is -2.87. The molecule has 2 aromatic heterocycles. The van der Waals surface area contributed by atoms with Crippen molar-refractivity contribution in [3.05, 3.63) is 54.0 Å². The summed E-state index contributed by atoms with van der Waals surface area (Å²) < 4.78 is 10.6. The molecule has 1 aromatic carbocycles. The van der Waals surface area contributed by atoms with Gasteiger partial charge in [-0.2, -0.15) is 0 Å². The molecule has 0 aliphatic carbocycles. The second-order valence-corrected chi connectivity index (χ2v) is 5.72. The highest BCUT2D eigenvalue weighted by molar-refractivity contribution is 7.99. The molecule has 0 atom stereocenters. The molecule has 2 heterocycles. The molecule has 8 heteroatoms. The van der Waals surface area contributed by atoms with E-state index in [1.165, 1.54) is 6.26 Å². The van der Waals surface area contributed by atoms with E-state index >= 15 is 0 Å². The number of aromatic nitrogens is 2. The highest BCUT2D eigenvalue weighted by Gasteiger charge is 2.15. The maximum Gasteiger partial charge on any atom is 0.277 e. The first kappa shape index (κ1) is 16.0. The molecular formula is C16H13N3O4S. The molecule has 0 fully saturated rings. The number of benzene rings is 1. The molecule has 122 valence electrons. The van der Waals surface area contributed by atoms with Crippen LogP contribution in [-0.2, 0) is 4.79 Å². The molecule has 2 amide bonds. The number of hydrogen-bond acceptors (Lipinski definition) is 7. The van der Waals surface area contributed by atoms with Gasteiger partial charge in [0.2, 0.25) is 5.91 Å². The summed E-state index contributed by atoms with van der Waals surface area (Å²) in [7, 11) is 0. The van der Waals surface area contributed by atoms with Gasteiger partial charge in [0.25, 0.3) is 17.0 Å². The first-order valence-corrected chi connectivity index (χ1v) is 8.02. The van der Waals surface area contributed by atoms with E-state index in [0.717, 1.165) is 11.8 Å². The van der Waals surface area contributed by atoms with Gasteiger partial charge in [0.1, 0.15) is 5.76 Å². The number of furan rings is 1. The Bertz CT molecular complexity index is 857. The van der Waals surface area contributed by atoms with Gasteiger partial charge in [-0.25, -0.2) is 0 Å². The minimum atomic E-state index is -0.443. The monoisotopic (exact) mass is 343 g/mol. The van der Waals surface area contributed by atoms with E-state index in [1.807, 2.05) is 0 Å². The number of amides is 2. The highest BCUT2D eigenvalue weighted by Crippen LogP contribution is 2.26. The molecular weight excluding hydrogens is 330 g/mol. The van der Waals surface area contributed by atoms with Gasteiger partial charge < -0.3 is 8.83 Å². The van der Waals surface area contributed by atoms with Gasteiger partial charge in [-0.1, -0.05) is 30.0 Å². The summed E-state index contributed by atoms with van der Waals surface area (Å²) in [5.41, 5.74) is 1.13. The third-order valence-electron chi connectivity index (χ3n) is 3.11. The Morgan fingerprint density at radius 2 is 1.96 bits per heavy atom. The van der Waals surface area contributed by atoms with E-state index < -0.39 is 11.8 Å². The Labute approximate surface area is 141 Å². The zero-order valence-corrected chi connectivity index (χ0v) is 13.5. The van der Waals surface area contributed by atoms with Crippen LogP contribution in [0.3, 0.4) is 0 Å². The number of hydrogen-bond donors (Lipinski definition) is 1. The standard InChI is InChI=1S/C16H13N3O4S/c1-10-12(7-8-22-10)15-18-19-16(23-15)24-9-13(20)17-14(21)11-5-3-2-4-6-11/h2-8H,9H2,1H3,(H,17,20,21). The molecule has 0 spiro atoms. The maximum absolute atomic E-state index is 11.9. The third-order valence-corrected chi connectivity index (χ3v) is 3.93. The number of nitrogens with one attached hydrogen (secondary N) is 1. The summed E-state index contributed by atoms with van der Waals surface area (Å²) >= 11 is 1.05. The average Bonchev–Trinajstić information content (AvgIpc) is 3.22. The van der Waals surface area contributed by atoms with Crippen LogP contribution in [0.4, 0.5) is 0 Å². The molecule has 7 nitrogen and oxygen atoms in total. The molecule has 3 aromatic rings. The minimum absolute atomic E-state index is 0.00935. The van der Waals surface area contributed by atoms with Crippen molar-refractivity contribution in [1.29, 1.82) is 0 Å². The number of nitrogens with zero attached hydrogens (tertiary/aromatic N) is 2. The molecule has 0 saturated heterocycles. The van der Waals surface area contributed by atoms with E-state index in [1.54, 1.807) is 43.3 Å². The summed E-state index contributed by atoms with van der Waals surface area (Å²) in [5.74, 6) is 0.102. The average molecular weight is 343 g/mol. The summed E-state index contributed by atoms with van der Waals surface area (Å²) in [6.45, 7) is 1.79. The van der Waals surface area contributed by atoms with E-state index in [4.69, 9.17) is 8.83 Å². The third kappa shape index (κ3) is 3.72. The predicted molar refractivity (Wildman–Crippen MR) is 86.4 cm³/mol. The van der Waals surface area contributed by atoms with E-state index in [9.17, 15) is 9.59 Å². The number of thioether (sulfide) groups is 1. The highest BCUT2D eigenvalue weighted by atomic mass is 32.2. The van der Waals surface area contributed by atoms with Crippen molar-refractivity contribution in [2.75, 3.05) is 5.75 Å². The van der Waals surface area contributed by atoms with E-state index in [2.05, 4.69) is 15.5 Å². The quantitative estimate of drug-likeness (QED) is 0.711. The molecule has 0 saturated carbocycles. The molecule has 0 aliphatic rings. The number of carbonyl (C=O) groups is 2. The van der Waals surface area contributed by atoms with Crippen molar-refractivity contribution >= 4 is 23.6 Å². The summed E-state index contributed by atoms with van der Waals surface area (Å²) in [4.78, 5) is 23.7. The Morgan fingerprint density at radius 3 is 2.67 bits per heavy atom. The Kier molecular flexibility index (Phi) is 4.76. The first-order chi connectivity index (χ1) is 11.6.